The van der Waals surface area contributed by atoms with Crippen LogP contribution >= 0.6 is 11.3 Å². The first-order valence-electron chi connectivity index (χ1n) is 8.14. The van der Waals surface area contributed by atoms with Crippen LogP contribution in [0.25, 0.3) is 0 Å². The van der Waals surface area contributed by atoms with Crippen molar-refractivity contribution in [2.75, 3.05) is 5.32 Å². The third-order valence-electron chi connectivity index (χ3n) is 4.30. The van der Waals surface area contributed by atoms with E-state index in [0.29, 0.717) is 18.1 Å². The van der Waals surface area contributed by atoms with E-state index in [-0.39, 0.29) is 17.6 Å². The van der Waals surface area contributed by atoms with Gasteiger partial charge in [-0.05, 0) is 30.2 Å². The highest BCUT2D eigenvalue weighted by molar-refractivity contribution is 7.15. The number of benzene rings is 1. The third-order valence-corrected chi connectivity index (χ3v) is 5.05. The van der Waals surface area contributed by atoms with Crippen molar-refractivity contribution in [2.24, 2.45) is 0 Å². The molecule has 8 heteroatoms. The van der Waals surface area contributed by atoms with Crippen LogP contribution in [0.4, 0.5) is 5.13 Å². The van der Waals surface area contributed by atoms with Gasteiger partial charge in [0.25, 0.3) is 5.91 Å². The number of hydrogen-bond acceptors (Lipinski definition) is 6. The average Bonchev–Trinajstić information content (AvgIpc) is 3.32. The van der Waals surface area contributed by atoms with Gasteiger partial charge in [0.15, 0.2) is 5.76 Å². The average molecular weight is 368 g/mol. The number of furan rings is 1. The van der Waals surface area contributed by atoms with Crippen molar-refractivity contribution in [2.45, 2.75) is 25.9 Å². The van der Waals surface area contributed by atoms with Gasteiger partial charge in [0.1, 0.15) is 11.0 Å². The van der Waals surface area contributed by atoms with Crippen LogP contribution in [-0.2, 0) is 17.8 Å². The van der Waals surface area contributed by atoms with Gasteiger partial charge in [-0.15, -0.1) is 10.2 Å². The fourth-order valence-corrected chi connectivity index (χ4v) is 3.64. The van der Waals surface area contributed by atoms with E-state index in [4.69, 9.17) is 4.42 Å². The summed E-state index contributed by atoms with van der Waals surface area (Å²) in [6.07, 6.45) is 1.89. The van der Waals surface area contributed by atoms with Gasteiger partial charge in [0.2, 0.25) is 11.0 Å². The molecule has 3 heterocycles. The number of carbonyl (C=O) groups is 2. The smallest absolute Gasteiger partial charge is 0.290 e. The van der Waals surface area contributed by atoms with E-state index in [9.17, 15) is 9.59 Å². The van der Waals surface area contributed by atoms with Crippen LogP contribution in [0.5, 0.6) is 0 Å². The minimum atomic E-state index is -0.647. The Balaban J connectivity index is 1.64. The van der Waals surface area contributed by atoms with Gasteiger partial charge in [-0.2, -0.15) is 0 Å². The number of amides is 2. The van der Waals surface area contributed by atoms with Crippen molar-refractivity contribution in [3.8, 4) is 0 Å². The van der Waals surface area contributed by atoms with Crippen molar-refractivity contribution in [1.82, 2.24) is 15.1 Å². The number of rotatable bonds is 3. The first-order valence-corrected chi connectivity index (χ1v) is 8.95. The highest BCUT2D eigenvalue weighted by Gasteiger charge is 2.36. The summed E-state index contributed by atoms with van der Waals surface area (Å²) in [4.78, 5) is 27.3. The molecule has 26 heavy (non-hydrogen) atoms. The Bertz CT molecular complexity index is 951. The number of fused-ring (bicyclic) bond motifs is 1. The molecule has 2 amide bonds. The Labute approximate surface area is 153 Å². The summed E-state index contributed by atoms with van der Waals surface area (Å²) in [7, 11) is 0. The van der Waals surface area contributed by atoms with Crippen molar-refractivity contribution in [3.63, 3.8) is 0 Å². The molecule has 1 N–H and O–H groups in total. The summed E-state index contributed by atoms with van der Waals surface area (Å²) in [5, 5.41) is 11.8. The Morgan fingerprint density at radius 2 is 2.00 bits per heavy atom. The monoisotopic (exact) mass is 368 g/mol. The summed E-state index contributed by atoms with van der Waals surface area (Å²) in [6, 6.07) is 10.4. The number of aromatic nitrogens is 2. The fourth-order valence-electron chi connectivity index (χ4n) is 3.05. The molecule has 0 aliphatic carbocycles. The predicted octanol–water partition coefficient (Wildman–Crippen LogP) is 2.65. The predicted molar refractivity (Wildman–Crippen MR) is 95.8 cm³/mol. The molecule has 1 aromatic carbocycles. The van der Waals surface area contributed by atoms with Crippen LogP contribution in [-0.4, -0.2) is 33.0 Å². The number of aryl methyl sites for hydroxylation is 1. The van der Waals surface area contributed by atoms with Crippen molar-refractivity contribution >= 4 is 28.3 Å². The number of nitrogens with one attached hydrogen (secondary N) is 1. The molecule has 0 spiro atoms. The minimum Gasteiger partial charge on any atom is -0.459 e. The summed E-state index contributed by atoms with van der Waals surface area (Å²) >= 11 is 1.30. The number of carbonyl (C=O) groups excluding carboxylic acids is 2. The van der Waals surface area contributed by atoms with E-state index in [1.807, 2.05) is 31.2 Å². The molecular weight excluding hydrogens is 352 g/mol. The summed E-state index contributed by atoms with van der Waals surface area (Å²) in [6.45, 7) is 2.17. The number of anilines is 1. The molecule has 7 nitrogen and oxygen atoms in total. The second kappa shape index (κ2) is 6.72. The Morgan fingerprint density at radius 3 is 2.69 bits per heavy atom. The normalized spacial score (nSPS) is 16.2. The summed E-state index contributed by atoms with van der Waals surface area (Å²) < 4.78 is 5.24. The molecule has 0 fully saturated rings. The molecule has 132 valence electrons. The second-order valence-corrected chi connectivity index (χ2v) is 7.20. The largest absolute Gasteiger partial charge is 0.459 e. The van der Waals surface area contributed by atoms with Crippen LogP contribution in [0.3, 0.4) is 0 Å². The van der Waals surface area contributed by atoms with Gasteiger partial charge in [-0.25, -0.2) is 0 Å². The Morgan fingerprint density at radius 1 is 1.19 bits per heavy atom. The van der Waals surface area contributed by atoms with E-state index in [1.54, 1.807) is 17.0 Å². The molecular formula is C18H16N4O3S. The van der Waals surface area contributed by atoms with Crippen LogP contribution in [0.2, 0.25) is 0 Å². The molecule has 1 aliphatic rings. The topological polar surface area (TPSA) is 88.3 Å². The molecule has 0 saturated carbocycles. The molecule has 3 aromatic rings. The minimum absolute atomic E-state index is 0.217. The quantitative estimate of drug-likeness (QED) is 0.768. The van der Waals surface area contributed by atoms with Gasteiger partial charge < -0.3 is 9.32 Å². The van der Waals surface area contributed by atoms with Gasteiger partial charge in [0.05, 0.1) is 6.26 Å². The Kier molecular flexibility index (Phi) is 4.26. The maximum absolute atomic E-state index is 12.9. The van der Waals surface area contributed by atoms with E-state index in [2.05, 4.69) is 15.5 Å². The molecule has 0 radical (unpaired) electrons. The van der Waals surface area contributed by atoms with Gasteiger partial charge in [-0.3, -0.25) is 14.9 Å². The highest BCUT2D eigenvalue weighted by Crippen LogP contribution is 2.26. The molecule has 1 unspecified atom stereocenters. The maximum Gasteiger partial charge on any atom is 0.290 e. The van der Waals surface area contributed by atoms with E-state index in [1.165, 1.54) is 17.6 Å². The fraction of sp³-hybridized carbons (Fsp3) is 0.222. The van der Waals surface area contributed by atoms with Gasteiger partial charge in [0, 0.05) is 13.0 Å². The first-order chi connectivity index (χ1) is 12.6. The lowest BCUT2D eigenvalue weighted by molar-refractivity contribution is -0.121. The molecule has 0 bridgehead atoms. The zero-order valence-corrected chi connectivity index (χ0v) is 14.8. The maximum atomic E-state index is 12.9. The molecule has 4 rings (SSSR count). The van der Waals surface area contributed by atoms with E-state index in [0.717, 1.165) is 16.1 Å². The lowest BCUT2D eigenvalue weighted by Crippen LogP contribution is -2.50. The van der Waals surface area contributed by atoms with Crippen LogP contribution in [0.15, 0.2) is 47.1 Å². The summed E-state index contributed by atoms with van der Waals surface area (Å²) in [5.41, 5.74) is 2.09. The standard InChI is InChI=1S/C18H16N4O3S/c1-11-20-21-18(26-11)19-16(23)14-9-12-5-2-3-6-13(12)10-22(14)17(24)15-7-4-8-25-15/h2-8,14H,9-10H2,1H3,(H,19,21,23). The molecule has 2 aromatic heterocycles. The second-order valence-electron chi connectivity index (χ2n) is 6.01. The zero-order valence-electron chi connectivity index (χ0n) is 14.0. The van der Waals surface area contributed by atoms with Gasteiger partial charge >= 0.3 is 0 Å². The van der Waals surface area contributed by atoms with Crippen LogP contribution < -0.4 is 5.32 Å². The molecule has 0 saturated heterocycles. The Hall–Kier alpha value is -3.00. The lowest BCUT2D eigenvalue weighted by atomic mass is 9.93. The summed E-state index contributed by atoms with van der Waals surface area (Å²) in [5.74, 6) is -0.373. The molecule has 1 aliphatic heterocycles. The van der Waals surface area contributed by atoms with Crippen molar-refractivity contribution in [3.05, 3.63) is 64.6 Å². The highest BCUT2D eigenvalue weighted by atomic mass is 32.1. The van der Waals surface area contributed by atoms with E-state index < -0.39 is 6.04 Å². The van der Waals surface area contributed by atoms with Crippen LogP contribution in [0, 0.1) is 6.92 Å². The van der Waals surface area contributed by atoms with E-state index >= 15 is 0 Å². The number of nitrogens with zero attached hydrogens (tertiary/aromatic N) is 3. The molecule has 1 atom stereocenters. The SMILES string of the molecule is Cc1nnc(NC(=O)C2Cc3ccccc3CN2C(=O)c2ccco2)s1. The zero-order chi connectivity index (χ0) is 18.1. The van der Waals surface area contributed by atoms with Crippen molar-refractivity contribution in [1.29, 1.82) is 0 Å². The van der Waals surface area contributed by atoms with Crippen LogP contribution in [0.1, 0.15) is 26.7 Å². The lowest BCUT2D eigenvalue weighted by Gasteiger charge is -2.35. The third kappa shape index (κ3) is 3.11. The van der Waals surface area contributed by atoms with Gasteiger partial charge in [-0.1, -0.05) is 35.6 Å². The first kappa shape index (κ1) is 16.5. The van der Waals surface area contributed by atoms with Crippen molar-refractivity contribution < 1.29 is 14.0 Å². The number of hydrogen-bond donors (Lipinski definition) is 1.